The first-order chi connectivity index (χ1) is 31.0. The Morgan fingerprint density at radius 3 is 1.13 bits per heavy atom. The molecular weight excluding hydrogens is 781 g/mol. The number of hydrogen-bond donors (Lipinski definition) is 0. The predicted molar refractivity (Wildman–Crippen MR) is 270 cm³/mol. The first-order valence-electron chi connectivity index (χ1n) is 26.1. The summed E-state index contributed by atoms with van der Waals surface area (Å²) < 4.78 is 16.7. The van der Waals surface area contributed by atoms with E-state index >= 15 is 0 Å². The molecule has 0 saturated carbocycles. The van der Waals surface area contributed by atoms with E-state index in [1.807, 2.05) is 0 Å². The SMILES string of the molecule is CC/C=C\C/C=C\C/C=C\CCCCC(=O)OCC(COC(=O)CCCCCCC/C=C\C=C/CCCCCCCCC)OC(=O)CCCCCCCC/C=C\C=C/CCCCC. The van der Waals surface area contributed by atoms with Crippen molar-refractivity contribution in [2.75, 3.05) is 13.2 Å². The van der Waals surface area contributed by atoms with Gasteiger partial charge in [-0.2, -0.15) is 0 Å². The van der Waals surface area contributed by atoms with E-state index in [0.717, 1.165) is 109 Å². The third-order valence-electron chi connectivity index (χ3n) is 10.9. The lowest BCUT2D eigenvalue weighted by molar-refractivity contribution is -0.167. The van der Waals surface area contributed by atoms with Crippen molar-refractivity contribution in [3.63, 3.8) is 0 Å². The van der Waals surface area contributed by atoms with Crippen molar-refractivity contribution in [1.82, 2.24) is 0 Å². The Balaban J connectivity index is 4.46. The monoisotopic (exact) mass is 877 g/mol. The Labute approximate surface area is 388 Å². The van der Waals surface area contributed by atoms with Crippen LogP contribution in [0, 0.1) is 0 Å². The molecule has 0 aliphatic carbocycles. The normalized spacial score (nSPS) is 12.7. The second-order valence-electron chi connectivity index (χ2n) is 17.1. The van der Waals surface area contributed by atoms with Gasteiger partial charge in [-0.3, -0.25) is 14.4 Å². The number of rotatable bonds is 46. The van der Waals surface area contributed by atoms with Crippen molar-refractivity contribution < 1.29 is 28.6 Å². The highest BCUT2D eigenvalue weighted by molar-refractivity contribution is 5.71. The Morgan fingerprint density at radius 2 is 0.667 bits per heavy atom. The summed E-state index contributed by atoms with van der Waals surface area (Å²) in [6.07, 6.45) is 65.7. The predicted octanol–water partition coefficient (Wildman–Crippen LogP) is 17.2. The highest BCUT2D eigenvalue weighted by atomic mass is 16.6. The van der Waals surface area contributed by atoms with E-state index in [9.17, 15) is 14.4 Å². The van der Waals surface area contributed by atoms with E-state index in [4.69, 9.17) is 14.2 Å². The van der Waals surface area contributed by atoms with Gasteiger partial charge in [-0.05, 0) is 103 Å². The summed E-state index contributed by atoms with van der Waals surface area (Å²) in [5.41, 5.74) is 0. The zero-order chi connectivity index (χ0) is 45.8. The molecule has 0 aromatic carbocycles. The van der Waals surface area contributed by atoms with Crippen LogP contribution in [0.3, 0.4) is 0 Å². The number of carbonyl (C=O) groups excluding carboxylic acids is 3. The van der Waals surface area contributed by atoms with E-state index in [-0.39, 0.29) is 31.1 Å². The lowest BCUT2D eigenvalue weighted by Crippen LogP contribution is -2.30. The minimum Gasteiger partial charge on any atom is -0.462 e. The molecule has 6 heteroatoms. The van der Waals surface area contributed by atoms with Crippen LogP contribution in [0.1, 0.15) is 239 Å². The first kappa shape index (κ1) is 59.6. The molecule has 0 spiro atoms. The van der Waals surface area contributed by atoms with Crippen molar-refractivity contribution >= 4 is 17.9 Å². The molecule has 0 radical (unpaired) electrons. The van der Waals surface area contributed by atoms with Crippen molar-refractivity contribution in [2.45, 2.75) is 245 Å². The maximum absolute atomic E-state index is 12.8. The van der Waals surface area contributed by atoms with Crippen molar-refractivity contribution in [3.8, 4) is 0 Å². The minimum atomic E-state index is -0.804. The van der Waals surface area contributed by atoms with Gasteiger partial charge in [0.05, 0.1) is 0 Å². The molecule has 0 aromatic heterocycles. The molecule has 0 fully saturated rings. The third kappa shape index (κ3) is 49.5. The lowest BCUT2D eigenvalue weighted by atomic mass is 10.1. The maximum Gasteiger partial charge on any atom is 0.306 e. The molecule has 0 rings (SSSR count). The molecule has 360 valence electrons. The zero-order valence-electron chi connectivity index (χ0n) is 41.1. The van der Waals surface area contributed by atoms with E-state index in [1.165, 1.54) is 89.9 Å². The van der Waals surface area contributed by atoms with Crippen LogP contribution in [-0.4, -0.2) is 37.2 Å². The Kier molecular flexibility index (Phi) is 48.5. The fourth-order valence-electron chi connectivity index (χ4n) is 6.97. The highest BCUT2D eigenvalue weighted by Crippen LogP contribution is 2.13. The molecule has 0 aliphatic rings. The fraction of sp³-hybridized carbons (Fsp3) is 0.702. The largest absolute Gasteiger partial charge is 0.462 e. The summed E-state index contributed by atoms with van der Waals surface area (Å²) in [6, 6.07) is 0. The number of allylic oxidation sites excluding steroid dienone is 14. The highest BCUT2D eigenvalue weighted by Gasteiger charge is 2.19. The Morgan fingerprint density at radius 1 is 0.349 bits per heavy atom. The van der Waals surface area contributed by atoms with Gasteiger partial charge >= 0.3 is 17.9 Å². The van der Waals surface area contributed by atoms with E-state index in [0.29, 0.717) is 19.3 Å². The number of esters is 3. The van der Waals surface area contributed by atoms with Gasteiger partial charge in [-0.15, -0.1) is 0 Å². The Bertz CT molecular complexity index is 1240. The molecule has 0 aliphatic heterocycles. The van der Waals surface area contributed by atoms with E-state index in [2.05, 4.69) is 106 Å². The molecule has 1 unspecified atom stereocenters. The summed E-state index contributed by atoms with van der Waals surface area (Å²) in [5.74, 6) is -0.970. The second-order valence-corrected chi connectivity index (χ2v) is 17.1. The van der Waals surface area contributed by atoms with Crippen molar-refractivity contribution in [3.05, 3.63) is 85.1 Å². The molecule has 0 bridgehead atoms. The van der Waals surface area contributed by atoms with Gasteiger partial charge in [0.1, 0.15) is 13.2 Å². The Hall–Kier alpha value is -3.41. The lowest BCUT2D eigenvalue weighted by Gasteiger charge is -2.18. The molecule has 63 heavy (non-hydrogen) atoms. The third-order valence-corrected chi connectivity index (χ3v) is 10.9. The number of unbranched alkanes of at least 4 members (excludes halogenated alkanes) is 23. The van der Waals surface area contributed by atoms with Gasteiger partial charge in [0, 0.05) is 19.3 Å². The zero-order valence-corrected chi connectivity index (χ0v) is 41.1. The second kappa shape index (κ2) is 51.2. The molecular formula is C57H96O6. The molecule has 0 saturated heterocycles. The quantitative estimate of drug-likeness (QED) is 0.0199. The fourth-order valence-corrected chi connectivity index (χ4v) is 6.97. The number of ether oxygens (including phenoxy) is 3. The van der Waals surface area contributed by atoms with Crippen LogP contribution in [0.15, 0.2) is 85.1 Å². The summed E-state index contributed by atoms with van der Waals surface area (Å²) in [5, 5.41) is 0. The molecule has 0 aromatic rings. The van der Waals surface area contributed by atoms with Gasteiger partial charge < -0.3 is 14.2 Å². The van der Waals surface area contributed by atoms with Gasteiger partial charge in [0.15, 0.2) is 6.10 Å². The van der Waals surface area contributed by atoms with Gasteiger partial charge in [-0.1, -0.05) is 202 Å². The van der Waals surface area contributed by atoms with Crippen LogP contribution in [-0.2, 0) is 28.6 Å². The van der Waals surface area contributed by atoms with Gasteiger partial charge in [0.2, 0.25) is 0 Å². The van der Waals surface area contributed by atoms with Crippen LogP contribution in [0.4, 0.5) is 0 Å². The first-order valence-corrected chi connectivity index (χ1v) is 26.1. The van der Waals surface area contributed by atoms with E-state index in [1.54, 1.807) is 0 Å². The average molecular weight is 877 g/mol. The summed E-state index contributed by atoms with van der Waals surface area (Å²) in [6.45, 7) is 6.42. The van der Waals surface area contributed by atoms with Gasteiger partial charge in [0.25, 0.3) is 0 Å². The number of carbonyl (C=O) groups is 3. The number of hydrogen-bond acceptors (Lipinski definition) is 6. The van der Waals surface area contributed by atoms with Crippen LogP contribution in [0.25, 0.3) is 0 Å². The topological polar surface area (TPSA) is 78.9 Å². The average Bonchev–Trinajstić information content (AvgIpc) is 3.28. The standard InChI is InChI=1S/C57H96O6/c1-4-7-10-13-16-19-22-25-27-28-29-31-32-35-38-41-44-47-50-56(59)62-53-54(52-61-55(58)49-46-43-40-37-34-24-21-18-15-12-9-6-3)63-57(60)51-48-45-42-39-36-33-30-26-23-20-17-14-11-8-5-2/h9,12,17-18,20-21,23,26-29,31,34,37,54H,4-8,10-11,13-16,19,22,24-25,30,32-33,35-36,38-53H2,1-3H3/b12-9-,20-17-,21-18-,26-23-,28-27-,31-29-,37-34-. The summed E-state index contributed by atoms with van der Waals surface area (Å²) in [4.78, 5) is 38.0. The molecule has 0 N–H and O–H groups in total. The molecule has 6 nitrogen and oxygen atoms in total. The van der Waals surface area contributed by atoms with Crippen LogP contribution in [0.5, 0.6) is 0 Å². The molecule has 0 amide bonds. The minimum absolute atomic E-state index is 0.102. The molecule has 0 heterocycles. The van der Waals surface area contributed by atoms with Crippen LogP contribution >= 0.6 is 0 Å². The van der Waals surface area contributed by atoms with Crippen LogP contribution < -0.4 is 0 Å². The maximum atomic E-state index is 12.8. The van der Waals surface area contributed by atoms with Crippen LogP contribution in [0.2, 0.25) is 0 Å². The smallest absolute Gasteiger partial charge is 0.306 e. The summed E-state index contributed by atoms with van der Waals surface area (Å²) in [7, 11) is 0. The molecule has 1 atom stereocenters. The van der Waals surface area contributed by atoms with Crippen molar-refractivity contribution in [2.24, 2.45) is 0 Å². The van der Waals surface area contributed by atoms with Crippen molar-refractivity contribution in [1.29, 1.82) is 0 Å². The summed E-state index contributed by atoms with van der Waals surface area (Å²) >= 11 is 0. The van der Waals surface area contributed by atoms with E-state index < -0.39 is 6.10 Å². The van der Waals surface area contributed by atoms with Gasteiger partial charge in [-0.25, -0.2) is 0 Å².